The van der Waals surface area contributed by atoms with Crippen LogP contribution in [0.25, 0.3) is 0 Å². The Labute approximate surface area is 125 Å². The minimum atomic E-state index is -0.329. The Kier molecular flexibility index (Phi) is 3.65. The second kappa shape index (κ2) is 5.60. The molecule has 0 bridgehead atoms. The number of primary amides is 1. The molecule has 1 aliphatic rings. The van der Waals surface area contributed by atoms with E-state index in [2.05, 4.69) is 42.2 Å². The van der Waals surface area contributed by atoms with Gasteiger partial charge in [0.15, 0.2) is 0 Å². The molecule has 3 rings (SSSR count). The number of anilines is 1. The van der Waals surface area contributed by atoms with Crippen LogP contribution in [0.5, 0.6) is 0 Å². The molecule has 1 heterocycles. The molecule has 1 amide bonds. The Morgan fingerprint density at radius 1 is 1.24 bits per heavy atom. The van der Waals surface area contributed by atoms with E-state index < -0.39 is 0 Å². The number of nitrogens with two attached hydrogens (primary N) is 1. The summed E-state index contributed by atoms with van der Waals surface area (Å²) >= 11 is 0. The second-order valence-electron chi connectivity index (χ2n) is 5.68. The van der Waals surface area contributed by atoms with Crippen molar-refractivity contribution in [1.29, 1.82) is 0 Å². The van der Waals surface area contributed by atoms with E-state index in [9.17, 15) is 4.79 Å². The first-order valence-corrected chi connectivity index (χ1v) is 7.37. The zero-order valence-corrected chi connectivity index (χ0v) is 12.3. The van der Waals surface area contributed by atoms with Gasteiger partial charge in [0.25, 0.3) is 0 Å². The van der Waals surface area contributed by atoms with Gasteiger partial charge in [-0.3, -0.25) is 4.79 Å². The first kappa shape index (κ1) is 13.7. The lowest BCUT2D eigenvalue weighted by atomic mass is 9.95. The molecule has 0 radical (unpaired) electrons. The third-order valence-electron chi connectivity index (χ3n) is 4.07. The number of hydrogen-bond donors (Lipinski definition) is 1. The van der Waals surface area contributed by atoms with Crippen LogP contribution < -0.4 is 10.6 Å². The van der Waals surface area contributed by atoms with Crippen molar-refractivity contribution >= 4 is 11.6 Å². The quantitative estimate of drug-likeness (QED) is 0.939. The van der Waals surface area contributed by atoms with Crippen molar-refractivity contribution in [1.82, 2.24) is 0 Å². The van der Waals surface area contributed by atoms with Gasteiger partial charge in [-0.1, -0.05) is 35.9 Å². The molecular formula is C18H20N2O. The van der Waals surface area contributed by atoms with Crippen LogP contribution in [-0.4, -0.2) is 12.5 Å². The summed E-state index contributed by atoms with van der Waals surface area (Å²) in [6.45, 7) is 4.00. The highest BCUT2D eigenvalue weighted by Crippen LogP contribution is 2.30. The molecule has 1 aliphatic heterocycles. The lowest BCUT2D eigenvalue weighted by Crippen LogP contribution is -2.30. The van der Waals surface area contributed by atoms with Crippen LogP contribution in [-0.2, 0) is 13.0 Å². The third-order valence-corrected chi connectivity index (χ3v) is 4.07. The van der Waals surface area contributed by atoms with Crippen LogP contribution in [0, 0.1) is 6.92 Å². The summed E-state index contributed by atoms with van der Waals surface area (Å²) in [5.74, 6) is -0.329. The number of rotatable bonds is 3. The summed E-state index contributed by atoms with van der Waals surface area (Å²) in [5, 5.41) is 0. The zero-order chi connectivity index (χ0) is 14.8. The molecule has 2 aromatic carbocycles. The fourth-order valence-electron chi connectivity index (χ4n) is 3.13. The van der Waals surface area contributed by atoms with Crippen LogP contribution in [0.15, 0.2) is 42.5 Å². The molecular weight excluding hydrogens is 260 g/mol. The van der Waals surface area contributed by atoms with Crippen LogP contribution >= 0.6 is 0 Å². The van der Waals surface area contributed by atoms with Gasteiger partial charge in [-0.2, -0.15) is 0 Å². The van der Waals surface area contributed by atoms with Crippen molar-refractivity contribution in [2.24, 2.45) is 5.73 Å². The lowest BCUT2D eigenvalue weighted by molar-refractivity contribution is 0.0999. The maximum Gasteiger partial charge on any atom is 0.249 e. The molecule has 108 valence electrons. The van der Waals surface area contributed by atoms with Gasteiger partial charge in [-0.25, -0.2) is 0 Å². The average molecular weight is 280 g/mol. The highest BCUT2D eigenvalue weighted by molar-refractivity contribution is 5.96. The molecule has 0 saturated carbocycles. The second-order valence-corrected chi connectivity index (χ2v) is 5.68. The normalized spacial score (nSPS) is 13.9. The molecule has 0 atom stereocenters. The molecule has 2 aromatic rings. The Balaban J connectivity index is 1.94. The number of hydrogen-bond acceptors (Lipinski definition) is 2. The van der Waals surface area contributed by atoms with E-state index in [1.807, 2.05) is 12.1 Å². The predicted octanol–water partition coefficient (Wildman–Crippen LogP) is 3.05. The number of aryl methyl sites for hydroxylation is 1. The van der Waals surface area contributed by atoms with E-state index in [1.54, 1.807) is 0 Å². The highest BCUT2D eigenvalue weighted by atomic mass is 16.1. The molecule has 21 heavy (non-hydrogen) atoms. The zero-order valence-electron chi connectivity index (χ0n) is 12.3. The van der Waals surface area contributed by atoms with E-state index in [1.165, 1.54) is 11.1 Å². The van der Waals surface area contributed by atoms with Crippen LogP contribution in [0.2, 0.25) is 0 Å². The van der Waals surface area contributed by atoms with Crippen molar-refractivity contribution in [3.63, 3.8) is 0 Å². The van der Waals surface area contributed by atoms with E-state index in [0.717, 1.165) is 37.2 Å². The summed E-state index contributed by atoms with van der Waals surface area (Å²) < 4.78 is 0. The summed E-state index contributed by atoms with van der Waals surface area (Å²) in [4.78, 5) is 13.9. The van der Waals surface area contributed by atoms with Gasteiger partial charge in [0.1, 0.15) is 0 Å². The Hall–Kier alpha value is -2.29. The van der Waals surface area contributed by atoms with Gasteiger partial charge in [-0.05, 0) is 43.0 Å². The van der Waals surface area contributed by atoms with Crippen molar-refractivity contribution in [2.75, 3.05) is 11.4 Å². The summed E-state index contributed by atoms with van der Waals surface area (Å²) in [6, 6.07) is 14.4. The molecule has 0 aliphatic carbocycles. The van der Waals surface area contributed by atoms with Crippen molar-refractivity contribution in [3.05, 3.63) is 64.7 Å². The van der Waals surface area contributed by atoms with Gasteiger partial charge in [0.05, 0.1) is 0 Å². The van der Waals surface area contributed by atoms with E-state index >= 15 is 0 Å². The SMILES string of the molecule is Cc1cccc(CN2CCCc3c(C(N)=O)cccc32)c1. The highest BCUT2D eigenvalue weighted by Gasteiger charge is 2.21. The maximum atomic E-state index is 11.6. The molecule has 0 spiro atoms. The summed E-state index contributed by atoms with van der Waals surface area (Å²) in [7, 11) is 0. The lowest BCUT2D eigenvalue weighted by Gasteiger charge is -2.32. The molecule has 2 N–H and O–H groups in total. The summed E-state index contributed by atoms with van der Waals surface area (Å²) in [6.07, 6.45) is 1.99. The number of nitrogens with zero attached hydrogens (tertiary/aromatic N) is 1. The number of fused-ring (bicyclic) bond motifs is 1. The van der Waals surface area contributed by atoms with Crippen LogP contribution in [0.3, 0.4) is 0 Å². The van der Waals surface area contributed by atoms with Gasteiger partial charge in [0.2, 0.25) is 5.91 Å². The van der Waals surface area contributed by atoms with E-state index in [0.29, 0.717) is 5.56 Å². The number of carbonyl (C=O) groups is 1. The number of benzene rings is 2. The first-order valence-electron chi connectivity index (χ1n) is 7.37. The standard InChI is InChI=1S/C18H20N2O/c1-13-5-2-6-14(11-13)12-20-10-4-8-15-16(18(19)21)7-3-9-17(15)20/h2-3,5-7,9,11H,4,8,10,12H2,1H3,(H2,19,21). The predicted molar refractivity (Wildman–Crippen MR) is 85.5 cm³/mol. The third kappa shape index (κ3) is 2.77. The monoisotopic (exact) mass is 280 g/mol. The van der Waals surface area contributed by atoms with E-state index in [4.69, 9.17) is 5.73 Å². The van der Waals surface area contributed by atoms with Gasteiger partial charge in [0, 0.05) is 24.3 Å². The van der Waals surface area contributed by atoms with Gasteiger partial charge in [-0.15, -0.1) is 0 Å². The first-order chi connectivity index (χ1) is 10.1. The number of amides is 1. The fraction of sp³-hybridized carbons (Fsp3) is 0.278. The molecule has 0 saturated heterocycles. The fourth-order valence-corrected chi connectivity index (χ4v) is 3.13. The molecule has 0 fully saturated rings. The topological polar surface area (TPSA) is 46.3 Å². The van der Waals surface area contributed by atoms with E-state index in [-0.39, 0.29) is 5.91 Å². The molecule has 3 heteroatoms. The largest absolute Gasteiger partial charge is 0.367 e. The Bertz CT molecular complexity index is 679. The average Bonchev–Trinajstić information content (AvgIpc) is 2.47. The van der Waals surface area contributed by atoms with Crippen molar-refractivity contribution in [2.45, 2.75) is 26.3 Å². The van der Waals surface area contributed by atoms with Gasteiger partial charge < -0.3 is 10.6 Å². The van der Waals surface area contributed by atoms with Crippen molar-refractivity contribution in [3.8, 4) is 0 Å². The minimum Gasteiger partial charge on any atom is -0.367 e. The molecule has 3 nitrogen and oxygen atoms in total. The maximum absolute atomic E-state index is 11.6. The molecule has 0 unspecified atom stereocenters. The van der Waals surface area contributed by atoms with Crippen LogP contribution in [0.1, 0.15) is 33.5 Å². The Morgan fingerprint density at radius 3 is 2.81 bits per heavy atom. The summed E-state index contributed by atoms with van der Waals surface area (Å²) in [5.41, 5.74) is 11.0. The molecule has 0 aromatic heterocycles. The Morgan fingerprint density at radius 2 is 2.05 bits per heavy atom. The van der Waals surface area contributed by atoms with Gasteiger partial charge >= 0.3 is 0 Å². The smallest absolute Gasteiger partial charge is 0.249 e. The minimum absolute atomic E-state index is 0.329. The van der Waals surface area contributed by atoms with Crippen LogP contribution in [0.4, 0.5) is 5.69 Å². The van der Waals surface area contributed by atoms with Crippen molar-refractivity contribution < 1.29 is 4.79 Å². The number of carbonyl (C=O) groups excluding carboxylic acids is 1.